The van der Waals surface area contributed by atoms with Crippen LogP contribution in [0.25, 0.3) is 6.08 Å². The van der Waals surface area contributed by atoms with Crippen LogP contribution in [0.2, 0.25) is 5.02 Å². The van der Waals surface area contributed by atoms with Crippen molar-refractivity contribution in [3.05, 3.63) is 119 Å². The first-order valence-electron chi connectivity index (χ1n) is 14.2. The molecule has 0 spiro atoms. The molecule has 10 heteroatoms. The fourth-order valence-corrected chi connectivity index (χ4v) is 6.17. The Morgan fingerprint density at radius 3 is 2.52 bits per heavy atom. The second-order valence-corrected chi connectivity index (χ2v) is 11.8. The van der Waals surface area contributed by atoms with E-state index < -0.39 is 12.0 Å². The lowest BCUT2D eigenvalue weighted by Gasteiger charge is -2.25. The SMILES string of the molecule is CCOC(=O)C1=C(C)N=c2s/c(=C/c3cc(Cl)ccc3OCc3ccccc3)c(=O)n2[C@H]1c1ccc(OC(C)C)c(OC)c1. The van der Waals surface area contributed by atoms with Gasteiger partial charge in [0.2, 0.25) is 0 Å². The maximum atomic E-state index is 14.2. The summed E-state index contributed by atoms with van der Waals surface area (Å²) in [6.07, 6.45) is 1.68. The van der Waals surface area contributed by atoms with Crippen LogP contribution in [0, 0.1) is 0 Å². The summed E-state index contributed by atoms with van der Waals surface area (Å²) < 4.78 is 25.0. The number of allylic oxidation sites excluding steroid dienone is 1. The number of halogens is 1. The van der Waals surface area contributed by atoms with Gasteiger partial charge in [0.1, 0.15) is 12.4 Å². The number of rotatable bonds is 10. The van der Waals surface area contributed by atoms with Crippen molar-refractivity contribution >= 4 is 35.0 Å². The number of ether oxygens (including phenoxy) is 4. The minimum Gasteiger partial charge on any atom is -0.493 e. The van der Waals surface area contributed by atoms with Crippen molar-refractivity contribution < 1.29 is 23.7 Å². The first kappa shape index (κ1) is 31.1. The highest BCUT2D eigenvalue weighted by Gasteiger charge is 2.34. The molecular weight excluding hydrogens is 600 g/mol. The Morgan fingerprint density at radius 1 is 1.07 bits per heavy atom. The quantitative estimate of drug-likeness (QED) is 0.205. The van der Waals surface area contributed by atoms with Crippen LogP contribution < -0.4 is 29.1 Å². The molecule has 1 aliphatic rings. The van der Waals surface area contributed by atoms with Crippen LogP contribution >= 0.6 is 22.9 Å². The van der Waals surface area contributed by atoms with Crippen LogP contribution in [0.15, 0.2) is 87.8 Å². The van der Waals surface area contributed by atoms with E-state index in [0.29, 0.717) is 55.0 Å². The summed E-state index contributed by atoms with van der Waals surface area (Å²) in [5.41, 5.74) is 2.74. The van der Waals surface area contributed by atoms with Gasteiger partial charge in [0.25, 0.3) is 5.56 Å². The van der Waals surface area contributed by atoms with Crippen LogP contribution in [0.1, 0.15) is 50.4 Å². The fraction of sp³-hybridized carbons (Fsp3) is 0.265. The smallest absolute Gasteiger partial charge is 0.338 e. The average Bonchev–Trinajstić information content (AvgIpc) is 3.30. The first-order valence-corrected chi connectivity index (χ1v) is 15.4. The number of hydrogen-bond donors (Lipinski definition) is 0. The second-order valence-electron chi connectivity index (χ2n) is 10.3. The summed E-state index contributed by atoms with van der Waals surface area (Å²) in [5, 5.41) is 0.505. The number of carbonyl (C=O) groups is 1. The van der Waals surface area contributed by atoms with Gasteiger partial charge in [-0.25, -0.2) is 9.79 Å². The van der Waals surface area contributed by atoms with E-state index in [1.54, 1.807) is 57.4 Å². The van der Waals surface area contributed by atoms with Gasteiger partial charge in [-0.05, 0) is 75.2 Å². The molecule has 2 heterocycles. The van der Waals surface area contributed by atoms with Gasteiger partial charge >= 0.3 is 5.97 Å². The molecule has 0 aliphatic carbocycles. The predicted molar refractivity (Wildman–Crippen MR) is 171 cm³/mol. The molecule has 0 saturated carbocycles. The van der Waals surface area contributed by atoms with E-state index >= 15 is 0 Å². The largest absolute Gasteiger partial charge is 0.493 e. The van der Waals surface area contributed by atoms with Crippen LogP contribution in [0.3, 0.4) is 0 Å². The lowest BCUT2D eigenvalue weighted by Crippen LogP contribution is -2.40. The number of benzene rings is 3. The molecule has 0 amide bonds. The van der Waals surface area contributed by atoms with Gasteiger partial charge in [0, 0.05) is 10.6 Å². The van der Waals surface area contributed by atoms with E-state index in [2.05, 4.69) is 4.99 Å². The molecule has 4 aromatic rings. The zero-order valence-electron chi connectivity index (χ0n) is 25.1. The molecule has 0 fully saturated rings. The Kier molecular flexibility index (Phi) is 9.56. The Hall–Kier alpha value is -4.34. The Balaban J connectivity index is 1.64. The van der Waals surface area contributed by atoms with Gasteiger partial charge in [-0.2, -0.15) is 0 Å². The summed E-state index contributed by atoms with van der Waals surface area (Å²) in [4.78, 5) is 32.6. The van der Waals surface area contributed by atoms with Crippen molar-refractivity contribution in [3.63, 3.8) is 0 Å². The predicted octanol–water partition coefficient (Wildman–Crippen LogP) is 5.83. The third-order valence-electron chi connectivity index (χ3n) is 6.88. The summed E-state index contributed by atoms with van der Waals surface area (Å²) in [6.45, 7) is 7.86. The van der Waals surface area contributed by atoms with Crippen molar-refractivity contribution in [1.82, 2.24) is 4.57 Å². The molecule has 1 aromatic heterocycles. The highest BCUT2D eigenvalue weighted by atomic mass is 35.5. The fourth-order valence-electron chi connectivity index (χ4n) is 4.95. The van der Waals surface area contributed by atoms with E-state index in [-0.39, 0.29) is 23.8 Å². The molecule has 0 N–H and O–H groups in total. The normalized spacial score (nSPS) is 14.7. The number of nitrogens with zero attached hydrogens (tertiary/aromatic N) is 2. The second kappa shape index (κ2) is 13.5. The zero-order valence-corrected chi connectivity index (χ0v) is 26.7. The van der Waals surface area contributed by atoms with Gasteiger partial charge in [0.05, 0.1) is 41.7 Å². The number of methoxy groups -OCH3 is 1. The van der Waals surface area contributed by atoms with Crippen LogP contribution in [-0.4, -0.2) is 30.4 Å². The van der Waals surface area contributed by atoms with Crippen molar-refractivity contribution in [2.24, 2.45) is 4.99 Å². The molecule has 1 aliphatic heterocycles. The Bertz CT molecular complexity index is 1890. The molecule has 0 bridgehead atoms. The average molecular weight is 633 g/mol. The van der Waals surface area contributed by atoms with Gasteiger partial charge in [-0.3, -0.25) is 9.36 Å². The molecule has 1 atom stereocenters. The summed E-state index contributed by atoms with van der Waals surface area (Å²) in [5.74, 6) is 1.08. The Labute approximate surface area is 264 Å². The molecule has 228 valence electrons. The van der Waals surface area contributed by atoms with Crippen molar-refractivity contribution in [3.8, 4) is 17.2 Å². The third-order valence-corrected chi connectivity index (χ3v) is 8.10. The maximum Gasteiger partial charge on any atom is 0.338 e. The van der Waals surface area contributed by atoms with Crippen LogP contribution in [0.4, 0.5) is 0 Å². The van der Waals surface area contributed by atoms with Crippen LogP contribution in [-0.2, 0) is 16.1 Å². The topological polar surface area (TPSA) is 88.4 Å². The number of fused-ring (bicyclic) bond motifs is 1. The molecule has 0 radical (unpaired) electrons. The summed E-state index contributed by atoms with van der Waals surface area (Å²) in [6, 6.07) is 19.7. The van der Waals surface area contributed by atoms with Crippen molar-refractivity contribution in [2.45, 2.75) is 46.4 Å². The minimum absolute atomic E-state index is 0.0716. The summed E-state index contributed by atoms with van der Waals surface area (Å²) >= 11 is 7.59. The number of esters is 1. The highest BCUT2D eigenvalue weighted by molar-refractivity contribution is 7.07. The van der Waals surface area contributed by atoms with Crippen LogP contribution in [0.5, 0.6) is 17.2 Å². The van der Waals surface area contributed by atoms with Crippen molar-refractivity contribution in [2.75, 3.05) is 13.7 Å². The molecule has 0 saturated heterocycles. The number of hydrogen-bond acceptors (Lipinski definition) is 8. The Morgan fingerprint density at radius 2 is 1.82 bits per heavy atom. The van der Waals surface area contributed by atoms with E-state index in [1.165, 1.54) is 15.9 Å². The van der Waals surface area contributed by atoms with Crippen molar-refractivity contribution in [1.29, 1.82) is 0 Å². The third kappa shape index (κ3) is 6.59. The molecule has 0 unspecified atom stereocenters. The number of aromatic nitrogens is 1. The maximum absolute atomic E-state index is 14.2. The zero-order chi connectivity index (χ0) is 31.4. The molecule has 5 rings (SSSR count). The van der Waals surface area contributed by atoms with Gasteiger partial charge < -0.3 is 18.9 Å². The molecule has 3 aromatic carbocycles. The lowest BCUT2D eigenvalue weighted by atomic mass is 9.95. The minimum atomic E-state index is -0.803. The van der Waals surface area contributed by atoms with Gasteiger partial charge in [-0.15, -0.1) is 0 Å². The summed E-state index contributed by atoms with van der Waals surface area (Å²) in [7, 11) is 1.55. The van der Waals surface area contributed by atoms with E-state index in [0.717, 1.165) is 5.56 Å². The lowest BCUT2D eigenvalue weighted by molar-refractivity contribution is -0.139. The van der Waals surface area contributed by atoms with Gasteiger partial charge in [0.15, 0.2) is 16.3 Å². The molecule has 44 heavy (non-hydrogen) atoms. The van der Waals surface area contributed by atoms with E-state index in [4.69, 9.17) is 30.5 Å². The number of thiazole rings is 1. The van der Waals surface area contributed by atoms with E-state index in [9.17, 15) is 9.59 Å². The molecular formula is C34H33ClN2O6S. The van der Waals surface area contributed by atoms with E-state index in [1.807, 2.05) is 50.2 Å². The highest BCUT2D eigenvalue weighted by Crippen LogP contribution is 2.36. The standard InChI is InChI=1S/C34H33ClN2O6S/c1-6-41-33(39)30-21(4)36-34-37(31(30)23-12-14-27(43-20(2)3)28(17-23)40-5)32(38)29(44-34)18-24-16-25(35)13-15-26(24)42-19-22-10-8-7-9-11-22/h7-18,20,31H,6,19H2,1-5H3/b29-18+/t31-/m0/s1. The first-order chi connectivity index (χ1) is 21.2. The number of carbonyl (C=O) groups excluding carboxylic acids is 1. The monoisotopic (exact) mass is 632 g/mol. The molecule has 8 nitrogen and oxygen atoms in total. The van der Waals surface area contributed by atoms with Gasteiger partial charge in [-0.1, -0.05) is 59.3 Å².